The molecule has 0 aliphatic carbocycles. The average Bonchev–Trinajstić information content (AvgIpc) is 2.91. The first-order valence-corrected chi connectivity index (χ1v) is 11.6. The Labute approximate surface area is 216 Å². The van der Waals surface area contributed by atoms with Crippen molar-refractivity contribution >= 4 is 17.6 Å². The number of carboxylic acid groups (broad SMARTS) is 2. The molecule has 0 spiro atoms. The molecular formula is C28H34N2O7. The van der Waals surface area contributed by atoms with E-state index in [1.807, 2.05) is 6.07 Å². The number of aliphatic carboxylic acids is 2. The summed E-state index contributed by atoms with van der Waals surface area (Å²) in [5.41, 5.74) is 3.76. The third kappa shape index (κ3) is 9.23. The van der Waals surface area contributed by atoms with E-state index >= 15 is 0 Å². The molecule has 9 heteroatoms. The molecule has 0 saturated carbocycles. The Morgan fingerprint density at radius 3 is 1.84 bits per heavy atom. The smallest absolute Gasteiger partial charge is 0.335 e. The highest BCUT2D eigenvalue weighted by Gasteiger charge is 2.29. The van der Waals surface area contributed by atoms with Crippen LogP contribution in [0.25, 0.3) is 0 Å². The Kier molecular flexibility index (Phi) is 11.6. The summed E-state index contributed by atoms with van der Waals surface area (Å²) in [6, 6.07) is 29.9. The zero-order valence-corrected chi connectivity index (χ0v) is 21.1. The zero-order chi connectivity index (χ0) is 27.4. The van der Waals surface area contributed by atoms with Crippen LogP contribution in [0.4, 0.5) is 5.69 Å². The number of aliphatic hydroxyl groups excluding tert-OH is 2. The molecule has 0 aliphatic rings. The number of anilines is 1. The maximum absolute atomic E-state index is 9.77. The van der Waals surface area contributed by atoms with Crippen molar-refractivity contribution in [2.75, 3.05) is 32.6 Å². The minimum atomic E-state index is -2.27. The number of hydrogen-bond donors (Lipinski definition) is 4. The van der Waals surface area contributed by atoms with Crippen LogP contribution in [0, 0.1) is 0 Å². The Bertz CT molecular complexity index is 1090. The quantitative estimate of drug-likeness (QED) is 0.308. The Morgan fingerprint density at radius 1 is 0.811 bits per heavy atom. The average molecular weight is 511 g/mol. The number of benzene rings is 3. The van der Waals surface area contributed by atoms with Crippen LogP contribution in [0.2, 0.25) is 0 Å². The van der Waals surface area contributed by atoms with E-state index in [0.29, 0.717) is 0 Å². The number of methoxy groups -OCH3 is 1. The highest BCUT2D eigenvalue weighted by Crippen LogP contribution is 2.31. The summed E-state index contributed by atoms with van der Waals surface area (Å²) in [5, 5.41) is 32.5. The predicted octanol–water partition coefficient (Wildman–Crippen LogP) is 2.88. The number of ether oxygens (including phenoxy) is 1. The second-order valence-electron chi connectivity index (χ2n) is 8.57. The molecule has 0 bridgehead atoms. The van der Waals surface area contributed by atoms with Gasteiger partial charge in [0.2, 0.25) is 0 Å². The van der Waals surface area contributed by atoms with Gasteiger partial charge in [0.15, 0.2) is 12.2 Å². The molecule has 3 unspecified atom stereocenters. The molecule has 3 rings (SSSR count). The van der Waals surface area contributed by atoms with E-state index in [1.54, 1.807) is 7.11 Å². The van der Waals surface area contributed by atoms with Crippen LogP contribution in [-0.4, -0.2) is 77.2 Å². The van der Waals surface area contributed by atoms with E-state index in [1.165, 1.54) is 11.1 Å². The summed E-state index contributed by atoms with van der Waals surface area (Å²) >= 11 is 0. The third-order valence-electron chi connectivity index (χ3n) is 5.48. The van der Waals surface area contributed by atoms with Crippen LogP contribution in [0.1, 0.15) is 17.2 Å². The number of hydrogen-bond acceptors (Lipinski definition) is 7. The van der Waals surface area contributed by atoms with Crippen molar-refractivity contribution in [1.29, 1.82) is 0 Å². The molecule has 3 atom stereocenters. The number of nitrogens with zero attached hydrogens (tertiary/aromatic N) is 2. The predicted molar refractivity (Wildman–Crippen MR) is 141 cm³/mol. The van der Waals surface area contributed by atoms with Gasteiger partial charge in [0.25, 0.3) is 0 Å². The summed E-state index contributed by atoms with van der Waals surface area (Å²) in [7, 11) is 5.97. The number of likely N-dealkylation sites (N-methyl/N-ethyl adjacent to an activating group) is 1. The minimum absolute atomic E-state index is 0.230. The molecule has 0 fully saturated rings. The van der Waals surface area contributed by atoms with Crippen LogP contribution < -0.4 is 9.64 Å². The van der Waals surface area contributed by atoms with Gasteiger partial charge in [0.05, 0.1) is 13.2 Å². The molecule has 9 nitrogen and oxygen atoms in total. The van der Waals surface area contributed by atoms with Gasteiger partial charge in [-0.25, -0.2) is 9.59 Å². The van der Waals surface area contributed by atoms with E-state index in [9.17, 15) is 9.59 Å². The lowest BCUT2D eigenvalue weighted by atomic mass is 10.0. The molecule has 0 amide bonds. The van der Waals surface area contributed by atoms with Gasteiger partial charge in [-0.2, -0.15) is 0 Å². The summed E-state index contributed by atoms with van der Waals surface area (Å²) in [6.45, 7) is 1.76. The van der Waals surface area contributed by atoms with Gasteiger partial charge in [-0.15, -0.1) is 0 Å². The van der Waals surface area contributed by atoms with Crippen molar-refractivity contribution in [3.8, 4) is 5.75 Å². The molecule has 198 valence electrons. The summed E-state index contributed by atoms with van der Waals surface area (Å²) in [4.78, 5) is 24.3. The standard InChI is InChI=1S/C24H28N2O.C4H6O6/c1-25(2)19-24(21-13-8-5-9-14-21)26(18-20-11-6-4-7-12-20)22-15-10-16-23(17-22)27-3;5-1(3(7)8)2(6)4(9)10/h4-17,24H,18-19H2,1-3H3;1-2,5-6H,(H,7,8)(H,9,10). The fourth-order valence-corrected chi connectivity index (χ4v) is 3.63. The molecule has 37 heavy (non-hydrogen) atoms. The lowest BCUT2D eigenvalue weighted by Crippen LogP contribution is -2.39. The fraction of sp³-hybridized carbons (Fsp3) is 0.286. The van der Waals surface area contributed by atoms with Gasteiger partial charge in [0.1, 0.15) is 5.75 Å². The first-order chi connectivity index (χ1) is 17.6. The van der Waals surface area contributed by atoms with Crippen molar-refractivity contribution < 1.29 is 34.8 Å². The molecule has 0 aromatic heterocycles. The molecule has 4 N–H and O–H groups in total. The largest absolute Gasteiger partial charge is 0.497 e. The van der Waals surface area contributed by atoms with Crippen molar-refractivity contribution in [3.05, 3.63) is 96.1 Å². The number of carboxylic acids is 2. The lowest BCUT2D eigenvalue weighted by molar-refractivity contribution is -0.165. The summed E-state index contributed by atoms with van der Waals surface area (Å²) < 4.78 is 5.48. The molecule has 3 aromatic rings. The highest BCUT2D eigenvalue weighted by atomic mass is 16.5. The van der Waals surface area contributed by atoms with Crippen molar-refractivity contribution in [2.45, 2.75) is 24.8 Å². The first kappa shape index (κ1) is 29.3. The maximum Gasteiger partial charge on any atom is 0.335 e. The summed E-state index contributed by atoms with van der Waals surface area (Å²) in [6.07, 6.45) is -4.53. The Hall–Kier alpha value is -3.92. The minimum Gasteiger partial charge on any atom is -0.497 e. The maximum atomic E-state index is 9.77. The van der Waals surface area contributed by atoms with E-state index in [4.69, 9.17) is 25.2 Å². The normalized spacial score (nSPS) is 13.0. The van der Waals surface area contributed by atoms with Crippen LogP contribution in [0.5, 0.6) is 5.75 Å². The molecule has 0 saturated heterocycles. The van der Waals surface area contributed by atoms with E-state index in [0.717, 1.165) is 24.5 Å². The zero-order valence-electron chi connectivity index (χ0n) is 21.1. The van der Waals surface area contributed by atoms with Gasteiger partial charge in [0, 0.05) is 24.8 Å². The second kappa shape index (κ2) is 14.6. The van der Waals surface area contributed by atoms with Crippen LogP contribution >= 0.6 is 0 Å². The Morgan fingerprint density at radius 2 is 1.35 bits per heavy atom. The first-order valence-electron chi connectivity index (χ1n) is 11.6. The number of aliphatic hydroxyl groups is 2. The van der Waals surface area contributed by atoms with Gasteiger partial charge in [-0.3, -0.25) is 0 Å². The van der Waals surface area contributed by atoms with Gasteiger partial charge in [-0.1, -0.05) is 66.7 Å². The van der Waals surface area contributed by atoms with Crippen LogP contribution in [0.3, 0.4) is 0 Å². The molecular weight excluding hydrogens is 476 g/mol. The van der Waals surface area contributed by atoms with E-state index in [2.05, 4.69) is 103 Å². The van der Waals surface area contributed by atoms with Crippen molar-refractivity contribution in [1.82, 2.24) is 4.90 Å². The van der Waals surface area contributed by atoms with E-state index < -0.39 is 24.1 Å². The second-order valence-corrected chi connectivity index (χ2v) is 8.57. The molecule has 0 aliphatic heterocycles. The van der Waals surface area contributed by atoms with Crippen LogP contribution in [-0.2, 0) is 16.1 Å². The highest BCUT2D eigenvalue weighted by molar-refractivity contribution is 5.83. The monoisotopic (exact) mass is 510 g/mol. The Balaban J connectivity index is 0.000000410. The third-order valence-corrected chi connectivity index (χ3v) is 5.48. The van der Waals surface area contributed by atoms with Crippen molar-refractivity contribution in [2.24, 2.45) is 0 Å². The topological polar surface area (TPSA) is 131 Å². The SMILES string of the molecule is COc1cccc(N(Cc2ccccc2)C(CN(C)C)c2ccccc2)c1.O=C(O)C(O)C(O)C(=O)O. The fourth-order valence-electron chi connectivity index (χ4n) is 3.63. The van der Waals surface area contributed by atoms with Crippen LogP contribution in [0.15, 0.2) is 84.9 Å². The summed E-state index contributed by atoms with van der Waals surface area (Å²) in [5.74, 6) is -2.66. The van der Waals surface area contributed by atoms with Gasteiger partial charge >= 0.3 is 11.9 Å². The van der Waals surface area contributed by atoms with E-state index in [-0.39, 0.29) is 6.04 Å². The lowest BCUT2D eigenvalue weighted by Gasteiger charge is -2.36. The molecule has 0 radical (unpaired) electrons. The molecule has 0 heterocycles. The molecule has 3 aromatic carbocycles. The van der Waals surface area contributed by atoms with Crippen molar-refractivity contribution in [3.63, 3.8) is 0 Å². The number of carbonyl (C=O) groups is 2. The van der Waals surface area contributed by atoms with Gasteiger partial charge in [-0.05, 0) is 37.4 Å². The number of rotatable bonds is 11. The van der Waals surface area contributed by atoms with Gasteiger partial charge < -0.3 is 35.0 Å².